The molecule has 3 aromatic rings. The monoisotopic (exact) mass is 442 g/mol. The second-order valence-electron chi connectivity index (χ2n) is 6.24. The maximum atomic E-state index is 12.5. The fourth-order valence-electron chi connectivity index (χ4n) is 2.58. The molecule has 0 heterocycles. The fraction of sp³-hybridized carbons (Fsp3) is 0.0500. The third kappa shape index (κ3) is 5.70. The molecule has 0 radical (unpaired) electrons. The van der Waals surface area contributed by atoms with Crippen LogP contribution in [0.15, 0.2) is 77.7 Å². The van der Waals surface area contributed by atoms with Crippen LogP contribution in [0.5, 0.6) is 5.75 Å². The Morgan fingerprint density at radius 2 is 1.52 bits per heavy atom. The van der Waals surface area contributed by atoms with E-state index >= 15 is 0 Å². The molecule has 0 saturated carbocycles. The molecule has 0 atom stereocenters. The van der Waals surface area contributed by atoms with E-state index in [0.29, 0.717) is 17.1 Å². The topological polar surface area (TPSA) is 140 Å². The fourth-order valence-corrected chi connectivity index (χ4v) is 3.64. The number of urea groups is 1. The lowest BCUT2D eigenvalue weighted by molar-refractivity contribution is -0.384. The number of carbonyl (C=O) groups excluding carboxylic acids is 1. The highest BCUT2D eigenvalue weighted by Gasteiger charge is 2.14. The van der Waals surface area contributed by atoms with Crippen LogP contribution in [-0.2, 0) is 10.0 Å². The number of anilines is 3. The quantitative estimate of drug-likeness (QED) is 0.373. The summed E-state index contributed by atoms with van der Waals surface area (Å²) >= 11 is 0. The van der Waals surface area contributed by atoms with Crippen molar-refractivity contribution in [2.75, 3.05) is 22.5 Å². The van der Waals surface area contributed by atoms with Crippen molar-refractivity contribution in [3.63, 3.8) is 0 Å². The summed E-state index contributed by atoms with van der Waals surface area (Å²) in [5.74, 6) is 0.540. The summed E-state index contributed by atoms with van der Waals surface area (Å²) in [6.45, 7) is 0. The summed E-state index contributed by atoms with van der Waals surface area (Å²) < 4.78 is 32.4. The average molecular weight is 442 g/mol. The molecule has 0 spiro atoms. The minimum atomic E-state index is -3.79. The van der Waals surface area contributed by atoms with Gasteiger partial charge in [0.2, 0.25) is 0 Å². The standard InChI is InChI=1S/C20H18N4O6S/c1-30-18-9-11-19(12-10-18)31(28,29)23-15-7-5-14(6-8-15)21-20(25)22-16-3-2-4-17(13-16)24(26)27/h2-13,23H,1H3,(H2,21,22,25). The number of nitro groups is 1. The Labute approximate surface area is 178 Å². The number of hydrogen-bond donors (Lipinski definition) is 3. The lowest BCUT2D eigenvalue weighted by atomic mass is 10.3. The van der Waals surface area contributed by atoms with Gasteiger partial charge in [-0.3, -0.25) is 14.8 Å². The first-order chi connectivity index (χ1) is 14.8. The van der Waals surface area contributed by atoms with Gasteiger partial charge in [0.1, 0.15) is 5.75 Å². The maximum absolute atomic E-state index is 12.5. The molecule has 3 N–H and O–H groups in total. The van der Waals surface area contributed by atoms with Gasteiger partial charge >= 0.3 is 6.03 Å². The number of carbonyl (C=O) groups is 1. The third-order valence-electron chi connectivity index (χ3n) is 4.08. The molecule has 0 aliphatic heterocycles. The molecule has 10 nitrogen and oxygen atoms in total. The summed E-state index contributed by atoms with van der Waals surface area (Å²) in [4.78, 5) is 22.4. The van der Waals surface area contributed by atoms with Crippen LogP contribution >= 0.6 is 0 Å². The summed E-state index contributed by atoms with van der Waals surface area (Å²) in [5.41, 5.74) is 0.817. The lowest BCUT2D eigenvalue weighted by Crippen LogP contribution is -2.19. The van der Waals surface area contributed by atoms with Crippen molar-refractivity contribution in [3.8, 4) is 5.75 Å². The Kier molecular flexibility index (Phi) is 6.36. The lowest BCUT2D eigenvalue weighted by Gasteiger charge is -2.11. The van der Waals surface area contributed by atoms with Gasteiger partial charge in [-0.1, -0.05) is 6.07 Å². The Bertz CT molecular complexity index is 1200. The molecule has 3 rings (SSSR count). The molecule has 31 heavy (non-hydrogen) atoms. The highest BCUT2D eigenvalue weighted by molar-refractivity contribution is 7.92. The number of sulfonamides is 1. The number of non-ortho nitro benzene ring substituents is 1. The molecule has 0 aromatic heterocycles. The molecule has 0 fully saturated rings. The van der Waals surface area contributed by atoms with Crippen LogP contribution in [0.4, 0.5) is 27.5 Å². The molecule has 160 valence electrons. The first-order valence-corrected chi connectivity index (χ1v) is 10.3. The number of nitrogens with zero attached hydrogens (tertiary/aromatic N) is 1. The Balaban J connectivity index is 1.62. The zero-order valence-corrected chi connectivity index (χ0v) is 17.0. The van der Waals surface area contributed by atoms with Gasteiger partial charge in [-0.05, 0) is 54.6 Å². The number of benzene rings is 3. The van der Waals surface area contributed by atoms with Gasteiger partial charge in [0.05, 0.1) is 16.9 Å². The molecule has 0 unspecified atom stereocenters. The van der Waals surface area contributed by atoms with Gasteiger partial charge in [0.15, 0.2) is 0 Å². The van der Waals surface area contributed by atoms with Crippen LogP contribution in [0.1, 0.15) is 0 Å². The van der Waals surface area contributed by atoms with Crippen molar-refractivity contribution >= 4 is 38.8 Å². The van der Waals surface area contributed by atoms with Gasteiger partial charge in [0.25, 0.3) is 15.7 Å². The van der Waals surface area contributed by atoms with Crippen molar-refractivity contribution in [1.82, 2.24) is 0 Å². The van der Waals surface area contributed by atoms with Crippen LogP contribution in [-0.4, -0.2) is 26.5 Å². The number of nitrogens with one attached hydrogen (secondary N) is 3. The van der Waals surface area contributed by atoms with Crippen molar-refractivity contribution in [1.29, 1.82) is 0 Å². The number of nitro benzene ring substituents is 1. The summed E-state index contributed by atoms with van der Waals surface area (Å²) in [5, 5.41) is 15.9. The Morgan fingerprint density at radius 3 is 2.13 bits per heavy atom. The zero-order valence-electron chi connectivity index (χ0n) is 16.2. The summed E-state index contributed by atoms with van der Waals surface area (Å²) in [6.07, 6.45) is 0. The smallest absolute Gasteiger partial charge is 0.323 e. The van der Waals surface area contributed by atoms with E-state index in [1.165, 1.54) is 67.8 Å². The van der Waals surface area contributed by atoms with Crippen LogP contribution < -0.4 is 20.1 Å². The molecule has 0 bridgehead atoms. The molecule has 0 aliphatic rings. The molecule has 11 heteroatoms. The predicted molar refractivity (Wildman–Crippen MR) is 116 cm³/mol. The summed E-state index contributed by atoms with van der Waals surface area (Å²) in [7, 11) is -2.30. The molecular formula is C20H18N4O6S. The first-order valence-electron chi connectivity index (χ1n) is 8.86. The van der Waals surface area contributed by atoms with E-state index in [4.69, 9.17) is 4.74 Å². The van der Waals surface area contributed by atoms with Crippen LogP contribution in [0.25, 0.3) is 0 Å². The highest BCUT2D eigenvalue weighted by atomic mass is 32.2. The van der Waals surface area contributed by atoms with Crippen molar-refractivity contribution in [3.05, 3.63) is 82.9 Å². The van der Waals surface area contributed by atoms with E-state index < -0.39 is 21.0 Å². The highest BCUT2D eigenvalue weighted by Crippen LogP contribution is 2.21. The number of methoxy groups -OCH3 is 1. The van der Waals surface area contributed by atoms with Crippen molar-refractivity contribution in [2.45, 2.75) is 4.90 Å². The predicted octanol–water partition coefficient (Wildman–Crippen LogP) is 4.05. The van der Waals surface area contributed by atoms with E-state index in [-0.39, 0.29) is 16.3 Å². The van der Waals surface area contributed by atoms with E-state index in [1.54, 1.807) is 12.1 Å². The number of amides is 2. The molecular weight excluding hydrogens is 424 g/mol. The van der Waals surface area contributed by atoms with Gasteiger partial charge in [-0.15, -0.1) is 0 Å². The number of hydrogen-bond acceptors (Lipinski definition) is 6. The van der Waals surface area contributed by atoms with E-state index in [2.05, 4.69) is 15.4 Å². The minimum absolute atomic E-state index is 0.0758. The SMILES string of the molecule is COc1ccc(S(=O)(=O)Nc2ccc(NC(=O)Nc3cccc([N+](=O)[O-])c3)cc2)cc1. The Hall–Kier alpha value is -4.12. The van der Waals surface area contributed by atoms with Gasteiger partial charge in [-0.2, -0.15) is 0 Å². The minimum Gasteiger partial charge on any atom is -0.497 e. The number of ether oxygens (including phenoxy) is 1. The van der Waals surface area contributed by atoms with Gasteiger partial charge in [0, 0.05) is 29.2 Å². The van der Waals surface area contributed by atoms with E-state index in [9.17, 15) is 23.3 Å². The average Bonchev–Trinajstić information content (AvgIpc) is 2.75. The molecule has 0 saturated heterocycles. The second-order valence-corrected chi connectivity index (χ2v) is 7.93. The largest absolute Gasteiger partial charge is 0.497 e. The van der Waals surface area contributed by atoms with Gasteiger partial charge < -0.3 is 15.4 Å². The van der Waals surface area contributed by atoms with Gasteiger partial charge in [-0.25, -0.2) is 13.2 Å². The zero-order chi connectivity index (χ0) is 22.4. The second kappa shape index (κ2) is 9.13. The normalized spacial score (nSPS) is 10.7. The van der Waals surface area contributed by atoms with Crippen LogP contribution in [0.2, 0.25) is 0 Å². The first kappa shape index (κ1) is 21.6. The molecule has 2 amide bonds. The third-order valence-corrected chi connectivity index (χ3v) is 5.48. The molecule has 0 aliphatic carbocycles. The van der Waals surface area contributed by atoms with Crippen LogP contribution in [0, 0.1) is 10.1 Å². The summed E-state index contributed by atoms with van der Waals surface area (Å²) in [6, 6.07) is 16.9. The number of rotatable bonds is 7. The van der Waals surface area contributed by atoms with E-state index in [0.717, 1.165) is 0 Å². The Morgan fingerprint density at radius 1 is 0.903 bits per heavy atom. The maximum Gasteiger partial charge on any atom is 0.323 e. The van der Waals surface area contributed by atoms with E-state index in [1.807, 2.05) is 0 Å². The van der Waals surface area contributed by atoms with Crippen molar-refractivity contribution in [2.24, 2.45) is 0 Å². The van der Waals surface area contributed by atoms with Crippen molar-refractivity contribution < 1.29 is 22.9 Å². The van der Waals surface area contributed by atoms with Crippen LogP contribution in [0.3, 0.4) is 0 Å². The molecule has 3 aromatic carbocycles.